The number of aromatic nitrogens is 4. The van der Waals surface area contributed by atoms with E-state index in [0.29, 0.717) is 39.7 Å². The Morgan fingerprint density at radius 2 is 1.59 bits per heavy atom. The highest BCUT2D eigenvalue weighted by atomic mass is 32.2. The van der Waals surface area contributed by atoms with Crippen molar-refractivity contribution in [2.24, 2.45) is 0 Å². The summed E-state index contributed by atoms with van der Waals surface area (Å²) in [5.74, 6) is 0.523. The Kier molecular flexibility index (Phi) is 5.55. The second-order valence-electron chi connectivity index (χ2n) is 7.41. The number of nitrogens with zero attached hydrogens (tertiary/aromatic N) is 5. The zero-order chi connectivity index (χ0) is 22.9. The predicted octanol–water partition coefficient (Wildman–Crippen LogP) is 4.47. The van der Waals surface area contributed by atoms with Crippen molar-refractivity contribution in [2.75, 3.05) is 0 Å². The van der Waals surface area contributed by atoms with Crippen molar-refractivity contribution in [2.45, 2.75) is 30.9 Å². The molecule has 0 atom stereocenters. The number of benzene rings is 2. The highest BCUT2D eigenvalue weighted by Crippen LogP contribution is 2.27. The summed E-state index contributed by atoms with van der Waals surface area (Å²) in [5, 5.41) is 16.6. The average molecular weight is 448 g/mol. The van der Waals surface area contributed by atoms with Gasteiger partial charge >= 0.3 is 0 Å². The van der Waals surface area contributed by atoms with Crippen molar-refractivity contribution in [1.29, 1.82) is 5.26 Å². The van der Waals surface area contributed by atoms with Gasteiger partial charge in [0.1, 0.15) is 5.69 Å². The van der Waals surface area contributed by atoms with Gasteiger partial charge in [-0.3, -0.25) is 4.98 Å². The lowest BCUT2D eigenvalue weighted by Gasteiger charge is -2.09. The summed E-state index contributed by atoms with van der Waals surface area (Å²) in [6.45, 7) is 5.09. The minimum absolute atomic E-state index is 0. The van der Waals surface area contributed by atoms with Crippen LogP contribution in [0.2, 0.25) is 0 Å². The molecule has 0 aliphatic rings. The molecular formula is C23H21N5O3S. The summed E-state index contributed by atoms with van der Waals surface area (Å²) in [7, 11) is -3.35. The van der Waals surface area contributed by atoms with Gasteiger partial charge in [-0.05, 0) is 57.2 Å². The summed E-state index contributed by atoms with van der Waals surface area (Å²) >= 11 is 0. The molecule has 0 aliphatic carbocycles. The number of nitriles is 1. The highest BCUT2D eigenvalue weighted by molar-refractivity contribution is 7.92. The van der Waals surface area contributed by atoms with Gasteiger partial charge < -0.3 is 4.42 Å². The van der Waals surface area contributed by atoms with Crippen LogP contribution in [0.3, 0.4) is 0 Å². The smallest absolute Gasteiger partial charge is 0.268 e. The van der Waals surface area contributed by atoms with Crippen LogP contribution in [0.5, 0.6) is 0 Å². The molecule has 4 rings (SSSR count). The molecule has 0 unspecified atom stereocenters. The summed E-state index contributed by atoms with van der Waals surface area (Å²) < 4.78 is 30.5. The molecule has 4 aromatic rings. The Morgan fingerprint density at radius 1 is 0.969 bits per heavy atom. The first-order valence-electron chi connectivity index (χ1n) is 9.82. The maximum Gasteiger partial charge on any atom is 0.268 e. The molecule has 162 valence electrons. The Bertz CT molecular complexity index is 1420. The zero-order valence-corrected chi connectivity index (χ0v) is 18.5. The zero-order valence-electron chi connectivity index (χ0n) is 17.6. The molecule has 9 heteroatoms. The van der Waals surface area contributed by atoms with Crippen molar-refractivity contribution in [3.8, 4) is 40.4 Å². The molecule has 0 fully saturated rings. The Morgan fingerprint density at radius 3 is 2.22 bits per heavy atom. The first-order chi connectivity index (χ1) is 15.3. The van der Waals surface area contributed by atoms with Gasteiger partial charge in [0.2, 0.25) is 5.89 Å². The van der Waals surface area contributed by atoms with Gasteiger partial charge in [0.15, 0.2) is 9.84 Å². The van der Waals surface area contributed by atoms with Crippen molar-refractivity contribution >= 4 is 9.84 Å². The van der Waals surface area contributed by atoms with Crippen LogP contribution >= 0.6 is 0 Å². The fourth-order valence-electron chi connectivity index (χ4n) is 3.00. The number of rotatable bonds is 5. The van der Waals surface area contributed by atoms with E-state index < -0.39 is 15.1 Å². The molecular weight excluding hydrogens is 426 g/mol. The minimum Gasteiger partial charge on any atom is -0.415 e. The Balaban J connectivity index is 0.00000306. The molecule has 0 saturated heterocycles. The highest BCUT2D eigenvalue weighted by Gasteiger charge is 2.20. The van der Waals surface area contributed by atoms with Crippen LogP contribution in [0.4, 0.5) is 0 Å². The van der Waals surface area contributed by atoms with Gasteiger partial charge in [-0.1, -0.05) is 12.1 Å². The van der Waals surface area contributed by atoms with Gasteiger partial charge in [-0.25, -0.2) is 13.4 Å². The molecule has 0 amide bonds. The summed E-state index contributed by atoms with van der Waals surface area (Å²) in [6, 6.07) is 15.4. The maximum absolute atomic E-state index is 12.3. The third kappa shape index (κ3) is 4.00. The standard InChI is InChI=1S/C23H19N5O3S.H2/c1-14(2)32(29,30)19-10-8-17(9-11-19)20-13-25-15(3)21(26-20)23-28-27-22(31-23)18-6-4-16(12-24)5-7-18;/h4-11,13-14H,1-3H3;1H. The van der Waals surface area contributed by atoms with Crippen LogP contribution in [0.15, 0.2) is 64.0 Å². The summed E-state index contributed by atoms with van der Waals surface area (Å²) in [6.07, 6.45) is 1.61. The van der Waals surface area contributed by atoms with Crippen molar-refractivity contribution in [3.05, 3.63) is 66.0 Å². The molecule has 0 bridgehead atoms. The van der Waals surface area contributed by atoms with Crippen LogP contribution in [-0.2, 0) is 9.84 Å². The fourth-order valence-corrected chi connectivity index (χ4v) is 4.06. The SMILES string of the molecule is Cc1ncc(-c2ccc(S(=O)(=O)C(C)C)cc2)nc1-c1nnc(-c2ccc(C#N)cc2)o1.[HH]. The Hall–Kier alpha value is -3.90. The quantitative estimate of drug-likeness (QED) is 0.439. The molecule has 0 saturated carbocycles. The fraction of sp³-hybridized carbons (Fsp3) is 0.174. The lowest BCUT2D eigenvalue weighted by molar-refractivity contribution is 0.581. The molecule has 0 spiro atoms. The lowest BCUT2D eigenvalue weighted by Crippen LogP contribution is -2.13. The monoisotopic (exact) mass is 447 g/mol. The molecule has 0 radical (unpaired) electrons. The topological polar surface area (TPSA) is 123 Å². The van der Waals surface area contributed by atoms with E-state index in [2.05, 4.69) is 26.2 Å². The summed E-state index contributed by atoms with van der Waals surface area (Å²) in [4.78, 5) is 9.28. The molecule has 2 aromatic carbocycles. The molecule has 2 aromatic heterocycles. The first-order valence-corrected chi connectivity index (χ1v) is 11.4. The second kappa shape index (κ2) is 8.32. The molecule has 8 nitrogen and oxygen atoms in total. The minimum atomic E-state index is -3.35. The number of sulfone groups is 1. The van der Waals surface area contributed by atoms with E-state index in [-0.39, 0.29) is 12.2 Å². The van der Waals surface area contributed by atoms with E-state index in [9.17, 15) is 8.42 Å². The van der Waals surface area contributed by atoms with Crippen LogP contribution < -0.4 is 0 Å². The van der Waals surface area contributed by atoms with Gasteiger partial charge in [-0.15, -0.1) is 10.2 Å². The van der Waals surface area contributed by atoms with Gasteiger partial charge in [-0.2, -0.15) is 5.26 Å². The lowest BCUT2D eigenvalue weighted by atomic mass is 10.1. The van der Waals surface area contributed by atoms with Crippen molar-refractivity contribution in [3.63, 3.8) is 0 Å². The third-order valence-corrected chi connectivity index (χ3v) is 7.11. The largest absolute Gasteiger partial charge is 0.415 e. The van der Waals surface area contributed by atoms with E-state index in [0.717, 1.165) is 0 Å². The molecule has 0 N–H and O–H groups in total. The molecule has 32 heavy (non-hydrogen) atoms. The van der Waals surface area contributed by atoms with E-state index in [1.807, 2.05) is 0 Å². The Labute approximate surface area is 187 Å². The third-order valence-electron chi connectivity index (χ3n) is 4.94. The van der Waals surface area contributed by atoms with Crippen LogP contribution in [0, 0.1) is 18.3 Å². The van der Waals surface area contributed by atoms with Crippen molar-refractivity contribution in [1.82, 2.24) is 20.2 Å². The average Bonchev–Trinajstić information content (AvgIpc) is 3.29. The van der Waals surface area contributed by atoms with Crippen molar-refractivity contribution < 1.29 is 14.3 Å². The van der Waals surface area contributed by atoms with E-state index >= 15 is 0 Å². The van der Waals surface area contributed by atoms with Crippen LogP contribution in [-0.4, -0.2) is 33.8 Å². The predicted molar refractivity (Wildman–Crippen MR) is 120 cm³/mol. The van der Waals surface area contributed by atoms with Gasteiger partial charge in [0.05, 0.1) is 39.4 Å². The van der Waals surface area contributed by atoms with E-state index in [4.69, 9.17) is 9.68 Å². The van der Waals surface area contributed by atoms with E-state index in [1.54, 1.807) is 75.5 Å². The summed E-state index contributed by atoms with van der Waals surface area (Å²) in [5.41, 5.74) is 3.55. The second-order valence-corrected chi connectivity index (χ2v) is 9.91. The van der Waals surface area contributed by atoms with Crippen LogP contribution in [0.25, 0.3) is 34.3 Å². The normalized spacial score (nSPS) is 11.5. The first kappa shape index (κ1) is 21.3. The number of aryl methyl sites for hydroxylation is 1. The number of hydrogen-bond donors (Lipinski definition) is 0. The number of hydrogen-bond acceptors (Lipinski definition) is 8. The molecule has 0 aliphatic heterocycles. The molecule has 2 heterocycles. The van der Waals surface area contributed by atoms with E-state index in [1.165, 1.54) is 0 Å². The van der Waals surface area contributed by atoms with Gasteiger partial charge in [0.25, 0.3) is 5.89 Å². The maximum atomic E-state index is 12.3. The van der Waals surface area contributed by atoms with Crippen LogP contribution in [0.1, 0.15) is 26.5 Å². The van der Waals surface area contributed by atoms with Gasteiger partial charge in [0, 0.05) is 12.6 Å².